The minimum Gasteiger partial charge on any atom is -0.352 e. The molecular formula is C11H16IN5OS. The van der Waals surface area contributed by atoms with Gasteiger partial charge in [0.15, 0.2) is 11.8 Å². The summed E-state index contributed by atoms with van der Waals surface area (Å²) in [4.78, 5) is 8.23. The third-order valence-corrected chi connectivity index (χ3v) is 2.98. The summed E-state index contributed by atoms with van der Waals surface area (Å²) in [6, 6.07) is 2.08. The molecular weight excluding hydrogens is 377 g/mol. The lowest BCUT2D eigenvalue weighted by Gasteiger charge is -2.09. The number of guanidine groups is 1. The molecule has 0 spiro atoms. The number of aryl methyl sites for hydroxylation is 1. The standard InChI is InChI=1S/C11H15N5OS.HI/c1-8-15-10(16-17-8)6-14-11(12-2)13-5-9-3-4-18-7-9;/h3-4,7H,5-6H2,1-2H3,(H2,12,13,14);1H. The Morgan fingerprint density at radius 1 is 1.42 bits per heavy atom. The Balaban J connectivity index is 0.00000180. The number of thiophene rings is 1. The Morgan fingerprint density at radius 2 is 2.21 bits per heavy atom. The molecule has 0 fully saturated rings. The molecule has 2 aromatic heterocycles. The molecule has 0 bridgehead atoms. The third kappa shape index (κ3) is 5.15. The SMILES string of the molecule is CN=C(NCc1ccsc1)NCc1noc(C)n1.I. The summed E-state index contributed by atoms with van der Waals surface area (Å²) in [5, 5.41) is 14.3. The van der Waals surface area contributed by atoms with Gasteiger partial charge in [-0.3, -0.25) is 4.99 Å². The molecule has 0 aromatic carbocycles. The van der Waals surface area contributed by atoms with Crippen LogP contribution in [-0.4, -0.2) is 23.1 Å². The topological polar surface area (TPSA) is 75.3 Å². The van der Waals surface area contributed by atoms with E-state index in [2.05, 4.69) is 42.6 Å². The lowest BCUT2D eigenvalue weighted by molar-refractivity contribution is 0.387. The van der Waals surface area contributed by atoms with E-state index in [4.69, 9.17) is 4.52 Å². The number of halogens is 1. The number of aromatic nitrogens is 2. The van der Waals surface area contributed by atoms with E-state index in [1.54, 1.807) is 25.3 Å². The Morgan fingerprint density at radius 3 is 2.79 bits per heavy atom. The molecule has 2 aromatic rings. The van der Waals surface area contributed by atoms with Gasteiger partial charge in [0.2, 0.25) is 5.89 Å². The van der Waals surface area contributed by atoms with Crippen LogP contribution >= 0.6 is 35.3 Å². The van der Waals surface area contributed by atoms with Crippen molar-refractivity contribution in [3.05, 3.63) is 34.1 Å². The molecule has 8 heteroatoms. The number of nitrogens with zero attached hydrogens (tertiary/aromatic N) is 3. The van der Waals surface area contributed by atoms with E-state index in [1.165, 1.54) is 5.56 Å². The molecule has 2 heterocycles. The van der Waals surface area contributed by atoms with Crippen molar-refractivity contribution in [3.8, 4) is 0 Å². The van der Waals surface area contributed by atoms with Gasteiger partial charge in [0, 0.05) is 20.5 Å². The predicted octanol–water partition coefficient (Wildman–Crippen LogP) is 1.92. The highest BCUT2D eigenvalue weighted by Crippen LogP contribution is 2.04. The van der Waals surface area contributed by atoms with Crippen LogP contribution in [0.25, 0.3) is 0 Å². The lowest BCUT2D eigenvalue weighted by Crippen LogP contribution is -2.36. The maximum Gasteiger partial charge on any atom is 0.223 e. The molecule has 0 aliphatic carbocycles. The van der Waals surface area contributed by atoms with Gasteiger partial charge in [-0.1, -0.05) is 5.16 Å². The fourth-order valence-electron chi connectivity index (χ4n) is 1.38. The van der Waals surface area contributed by atoms with E-state index in [1.807, 2.05) is 0 Å². The number of hydrogen-bond donors (Lipinski definition) is 2. The van der Waals surface area contributed by atoms with Crippen molar-refractivity contribution in [1.82, 2.24) is 20.8 Å². The van der Waals surface area contributed by atoms with E-state index in [0.29, 0.717) is 24.2 Å². The average Bonchev–Trinajstić information content (AvgIpc) is 3.01. The Bertz CT molecular complexity index is 511. The fraction of sp³-hybridized carbons (Fsp3) is 0.364. The highest BCUT2D eigenvalue weighted by Gasteiger charge is 2.03. The van der Waals surface area contributed by atoms with Crippen molar-refractivity contribution in [1.29, 1.82) is 0 Å². The molecule has 0 aliphatic rings. The van der Waals surface area contributed by atoms with E-state index >= 15 is 0 Å². The van der Waals surface area contributed by atoms with Crippen LogP contribution in [0.5, 0.6) is 0 Å². The Kier molecular flexibility index (Phi) is 6.78. The van der Waals surface area contributed by atoms with Gasteiger partial charge in [0.1, 0.15) is 0 Å². The minimum absolute atomic E-state index is 0. The predicted molar refractivity (Wildman–Crippen MR) is 85.8 cm³/mol. The minimum atomic E-state index is 0. The summed E-state index contributed by atoms with van der Waals surface area (Å²) in [7, 11) is 1.73. The monoisotopic (exact) mass is 393 g/mol. The van der Waals surface area contributed by atoms with Gasteiger partial charge in [-0.15, -0.1) is 24.0 Å². The van der Waals surface area contributed by atoms with Gasteiger partial charge in [0.25, 0.3) is 0 Å². The summed E-state index contributed by atoms with van der Waals surface area (Å²) in [6.07, 6.45) is 0. The van der Waals surface area contributed by atoms with E-state index < -0.39 is 0 Å². The Hall–Kier alpha value is -1.16. The number of aliphatic imine (C=N–C) groups is 1. The van der Waals surface area contributed by atoms with Crippen molar-refractivity contribution in [3.63, 3.8) is 0 Å². The van der Waals surface area contributed by atoms with Gasteiger partial charge in [-0.2, -0.15) is 16.3 Å². The van der Waals surface area contributed by atoms with Gasteiger partial charge in [-0.25, -0.2) is 0 Å². The largest absolute Gasteiger partial charge is 0.352 e. The zero-order chi connectivity index (χ0) is 12.8. The van der Waals surface area contributed by atoms with Crippen LogP contribution in [0.2, 0.25) is 0 Å². The summed E-state index contributed by atoms with van der Waals surface area (Å²) >= 11 is 1.68. The van der Waals surface area contributed by atoms with Gasteiger partial charge >= 0.3 is 0 Å². The zero-order valence-corrected chi connectivity index (χ0v) is 13.9. The van der Waals surface area contributed by atoms with Crippen LogP contribution in [0, 0.1) is 6.92 Å². The third-order valence-electron chi connectivity index (χ3n) is 2.25. The van der Waals surface area contributed by atoms with Crippen LogP contribution in [-0.2, 0) is 13.1 Å². The summed E-state index contributed by atoms with van der Waals surface area (Å²) in [6.45, 7) is 3.00. The van der Waals surface area contributed by atoms with Crippen LogP contribution in [0.4, 0.5) is 0 Å². The van der Waals surface area contributed by atoms with Crippen molar-refractivity contribution < 1.29 is 4.52 Å². The van der Waals surface area contributed by atoms with E-state index in [-0.39, 0.29) is 24.0 Å². The van der Waals surface area contributed by atoms with Crippen molar-refractivity contribution in [2.75, 3.05) is 7.05 Å². The van der Waals surface area contributed by atoms with Crippen LogP contribution in [0.15, 0.2) is 26.3 Å². The van der Waals surface area contributed by atoms with Gasteiger partial charge in [0.05, 0.1) is 6.54 Å². The number of nitrogens with one attached hydrogen (secondary N) is 2. The van der Waals surface area contributed by atoms with Gasteiger partial charge in [-0.05, 0) is 22.4 Å². The molecule has 0 aliphatic heterocycles. The Labute approximate surface area is 132 Å². The first-order chi connectivity index (χ1) is 8.78. The first-order valence-electron chi connectivity index (χ1n) is 5.52. The van der Waals surface area contributed by atoms with Crippen molar-refractivity contribution in [2.45, 2.75) is 20.0 Å². The van der Waals surface area contributed by atoms with E-state index in [9.17, 15) is 0 Å². The summed E-state index contributed by atoms with van der Waals surface area (Å²) in [5.41, 5.74) is 1.23. The molecule has 104 valence electrons. The molecule has 6 nitrogen and oxygen atoms in total. The quantitative estimate of drug-likeness (QED) is 0.472. The molecule has 0 unspecified atom stereocenters. The smallest absolute Gasteiger partial charge is 0.223 e. The highest BCUT2D eigenvalue weighted by molar-refractivity contribution is 14.0. The lowest BCUT2D eigenvalue weighted by atomic mass is 10.3. The molecule has 0 saturated carbocycles. The van der Waals surface area contributed by atoms with Crippen LogP contribution in [0.1, 0.15) is 17.3 Å². The molecule has 0 radical (unpaired) electrons. The fourth-order valence-corrected chi connectivity index (χ4v) is 2.04. The molecule has 0 atom stereocenters. The summed E-state index contributed by atoms with van der Waals surface area (Å²) in [5.74, 6) is 1.89. The van der Waals surface area contributed by atoms with Crippen molar-refractivity contribution in [2.24, 2.45) is 4.99 Å². The highest BCUT2D eigenvalue weighted by atomic mass is 127. The summed E-state index contributed by atoms with van der Waals surface area (Å²) < 4.78 is 4.89. The van der Waals surface area contributed by atoms with Gasteiger partial charge < -0.3 is 15.2 Å². The molecule has 19 heavy (non-hydrogen) atoms. The first kappa shape index (κ1) is 15.9. The second kappa shape index (κ2) is 8.10. The average molecular weight is 393 g/mol. The second-order valence-corrected chi connectivity index (χ2v) is 4.42. The first-order valence-corrected chi connectivity index (χ1v) is 6.47. The van der Waals surface area contributed by atoms with Crippen LogP contribution < -0.4 is 10.6 Å². The number of hydrogen-bond acceptors (Lipinski definition) is 5. The molecule has 0 amide bonds. The normalized spacial score (nSPS) is 10.9. The maximum absolute atomic E-state index is 4.89. The maximum atomic E-state index is 4.89. The van der Waals surface area contributed by atoms with Crippen LogP contribution in [0.3, 0.4) is 0 Å². The zero-order valence-electron chi connectivity index (χ0n) is 10.7. The molecule has 0 saturated heterocycles. The second-order valence-electron chi connectivity index (χ2n) is 3.64. The molecule has 2 rings (SSSR count). The molecule has 2 N–H and O–H groups in total. The van der Waals surface area contributed by atoms with Crippen molar-refractivity contribution >= 4 is 41.3 Å². The van der Waals surface area contributed by atoms with E-state index in [0.717, 1.165) is 6.54 Å². The number of rotatable bonds is 4.